The Bertz CT molecular complexity index is 1600. The minimum atomic E-state index is -0.749. The van der Waals surface area contributed by atoms with Crippen LogP contribution >= 0.6 is 0 Å². The highest BCUT2D eigenvalue weighted by atomic mass is 16.5. The fraction of sp³-hybridized carbons (Fsp3) is 0.184. The lowest BCUT2D eigenvalue weighted by Gasteiger charge is -2.17. The van der Waals surface area contributed by atoms with Crippen molar-refractivity contribution in [3.63, 3.8) is 0 Å². The summed E-state index contributed by atoms with van der Waals surface area (Å²) in [5, 5.41) is 17.1. The van der Waals surface area contributed by atoms with Gasteiger partial charge in [0.15, 0.2) is 11.5 Å². The van der Waals surface area contributed by atoms with Gasteiger partial charge in [-0.1, -0.05) is 97.1 Å². The van der Waals surface area contributed by atoms with Crippen molar-refractivity contribution in [2.24, 2.45) is 0 Å². The van der Waals surface area contributed by atoms with E-state index in [-0.39, 0.29) is 5.91 Å². The summed E-state index contributed by atoms with van der Waals surface area (Å²) < 4.78 is 18.1. The Morgan fingerprint density at radius 2 is 1.22 bits per heavy atom. The van der Waals surface area contributed by atoms with E-state index in [4.69, 9.17) is 14.2 Å². The highest BCUT2D eigenvalue weighted by Gasteiger charge is 2.14. The fourth-order valence-electron chi connectivity index (χ4n) is 4.62. The summed E-state index contributed by atoms with van der Waals surface area (Å²) in [6.45, 7) is 2.55. The molecule has 0 heterocycles. The van der Waals surface area contributed by atoms with Crippen LogP contribution in [0.1, 0.15) is 38.7 Å². The molecule has 3 N–H and O–H groups in total. The van der Waals surface area contributed by atoms with E-state index in [0.29, 0.717) is 62.3 Å². The minimum absolute atomic E-state index is 0.134. The maximum absolute atomic E-state index is 12.4. The molecule has 0 saturated heterocycles. The second-order valence-electron chi connectivity index (χ2n) is 10.5. The molecule has 0 radical (unpaired) electrons. The topological polar surface area (TPSA) is 89.1 Å². The first-order chi connectivity index (χ1) is 22.1. The first-order valence-electron chi connectivity index (χ1n) is 15.1. The van der Waals surface area contributed by atoms with Gasteiger partial charge >= 0.3 is 0 Å². The molecule has 1 unspecified atom stereocenters. The van der Waals surface area contributed by atoms with Crippen molar-refractivity contribution in [3.8, 4) is 17.2 Å². The maximum Gasteiger partial charge on any atom is 0.251 e. The summed E-state index contributed by atoms with van der Waals surface area (Å²) >= 11 is 0. The predicted molar refractivity (Wildman–Crippen MR) is 175 cm³/mol. The number of nitrogens with one attached hydrogen (secondary N) is 2. The zero-order valence-electron chi connectivity index (χ0n) is 25.1. The molecule has 7 nitrogen and oxygen atoms in total. The van der Waals surface area contributed by atoms with E-state index in [1.807, 2.05) is 109 Å². The molecule has 1 atom stereocenters. The van der Waals surface area contributed by atoms with Crippen molar-refractivity contribution in [1.29, 1.82) is 0 Å². The highest BCUT2D eigenvalue weighted by molar-refractivity contribution is 5.94. The minimum Gasteiger partial charge on any atom is -0.492 e. The number of rotatable bonds is 16. The summed E-state index contributed by atoms with van der Waals surface area (Å²) in [7, 11) is 0. The average molecular weight is 603 g/mol. The summed E-state index contributed by atoms with van der Waals surface area (Å²) in [5.41, 5.74) is 4.44. The zero-order valence-corrected chi connectivity index (χ0v) is 25.1. The molecule has 0 saturated carbocycles. The van der Waals surface area contributed by atoms with Crippen molar-refractivity contribution in [3.05, 3.63) is 161 Å². The molecule has 1 amide bonds. The van der Waals surface area contributed by atoms with Gasteiger partial charge in [-0.15, -0.1) is 0 Å². The van der Waals surface area contributed by atoms with Crippen molar-refractivity contribution < 1.29 is 24.1 Å². The summed E-state index contributed by atoms with van der Waals surface area (Å²) in [4.78, 5) is 12.4. The highest BCUT2D eigenvalue weighted by Crippen LogP contribution is 2.32. The van der Waals surface area contributed by atoms with Gasteiger partial charge in [-0.3, -0.25) is 4.79 Å². The standard InChI is InChI=1S/C38H38N2O5/c41-35(26-39-22-23-43-34-19-16-32(17-20-34)38(42)40-25-29-10-4-1-5-11-29)33-18-21-36(44-27-30-12-6-2-7-13-30)37(24-33)45-28-31-14-8-3-9-15-31/h1-21,24,35,39,41H,22-23,25-28H2,(H,40,42). The van der Waals surface area contributed by atoms with Gasteiger partial charge in [0.05, 0.1) is 6.10 Å². The van der Waals surface area contributed by atoms with Gasteiger partial charge < -0.3 is 30.0 Å². The molecule has 0 spiro atoms. The van der Waals surface area contributed by atoms with Crippen LogP contribution in [0.5, 0.6) is 17.2 Å². The Morgan fingerprint density at radius 3 is 1.84 bits per heavy atom. The molecule has 0 aliphatic rings. The monoisotopic (exact) mass is 602 g/mol. The van der Waals surface area contributed by atoms with Gasteiger partial charge in [-0.05, 0) is 58.7 Å². The van der Waals surface area contributed by atoms with E-state index < -0.39 is 6.10 Å². The normalized spacial score (nSPS) is 11.4. The first kappa shape index (κ1) is 31.3. The second kappa shape index (κ2) is 16.7. The van der Waals surface area contributed by atoms with E-state index in [9.17, 15) is 9.90 Å². The molecule has 5 aromatic rings. The molecule has 5 aromatic carbocycles. The number of hydrogen-bond donors (Lipinski definition) is 3. The van der Waals surface area contributed by atoms with Crippen molar-refractivity contribution in [2.45, 2.75) is 25.9 Å². The Morgan fingerprint density at radius 1 is 0.644 bits per heavy atom. The molecular formula is C38H38N2O5. The second-order valence-corrected chi connectivity index (χ2v) is 10.5. The third kappa shape index (κ3) is 9.96. The fourth-order valence-corrected chi connectivity index (χ4v) is 4.62. The van der Waals surface area contributed by atoms with Gasteiger partial charge in [0, 0.05) is 25.2 Å². The van der Waals surface area contributed by atoms with Crippen molar-refractivity contribution in [1.82, 2.24) is 10.6 Å². The molecule has 230 valence electrons. The van der Waals surface area contributed by atoms with Crippen LogP contribution in [0.4, 0.5) is 0 Å². The van der Waals surface area contributed by atoms with Crippen LogP contribution in [0.15, 0.2) is 133 Å². The molecular weight excluding hydrogens is 564 g/mol. The zero-order chi connectivity index (χ0) is 31.1. The van der Waals surface area contributed by atoms with Gasteiger partial charge in [-0.2, -0.15) is 0 Å². The summed E-state index contributed by atoms with van der Waals surface area (Å²) in [6.07, 6.45) is -0.749. The van der Waals surface area contributed by atoms with Crippen LogP contribution in [0, 0.1) is 0 Å². The van der Waals surface area contributed by atoms with Crippen LogP contribution in [0.2, 0.25) is 0 Å². The lowest BCUT2D eigenvalue weighted by Crippen LogP contribution is -2.26. The molecule has 0 bridgehead atoms. The molecule has 0 aliphatic carbocycles. The molecule has 0 fully saturated rings. The lowest BCUT2D eigenvalue weighted by atomic mass is 10.1. The summed E-state index contributed by atoms with van der Waals surface area (Å²) in [5.74, 6) is 1.73. The van der Waals surface area contributed by atoms with E-state index >= 15 is 0 Å². The van der Waals surface area contributed by atoms with Gasteiger partial charge in [0.2, 0.25) is 0 Å². The van der Waals surface area contributed by atoms with Gasteiger partial charge in [0.1, 0.15) is 25.6 Å². The number of benzene rings is 5. The molecule has 0 aromatic heterocycles. The lowest BCUT2D eigenvalue weighted by molar-refractivity contribution is 0.0951. The molecule has 5 rings (SSSR count). The van der Waals surface area contributed by atoms with Gasteiger partial charge in [0.25, 0.3) is 5.91 Å². The number of amides is 1. The number of carbonyl (C=O) groups excluding carboxylic acids is 1. The number of aliphatic hydroxyl groups is 1. The molecule has 45 heavy (non-hydrogen) atoms. The first-order valence-corrected chi connectivity index (χ1v) is 15.1. The van der Waals surface area contributed by atoms with Crippen LogP contribution in [-0.2, 0) is 19.8 Å². The van der Waals surface area contributed by atoms with E-state index in [1.165, 1.54) is 0 Å². The van der Waals surface area contributed by atoms with Crippen molar-refractivity contribution >= 4 is 5.91 Å². The number of ether oxygens (including phenoxy) is 3. The molecule has 7 heteroatoms. The van der Waals surface area contributed by atoms with Crippen LogP contribution in [-0.4, -0.2) is 30.7 Å². The van der Waals surface area contributed by atoms with E-state index in [1.54, 1.807) is 24.3 Å². The number of aliphatic hydroxyl groups excluding tert-OH is 1. The van der Waals surface area contributed by atoms with Crippen LogP contribution < -0.4 is 24.8 Å². The molecule has 0 aliphatic heterocycles. The Labute approximate surface area is 264 Å². The average Bonchev–Trinajstić information content (AvgIpc) is 3.10. The third-order valence-corrected chi connectivity index (χ3v) is 7.12. The predicted octanol–water partition coefficient (Wildman–Crippen LogP) is 6.48. The Hall–Kier alpha value is -5.11. The Balaban J connectivity index is 1.08. The van der Waals surface area contributed by atoms with Gasteiger partial charge in [-0.25, -0.2) is 0 Å². The third-order valence-electron chi connectivity index (χ3n) is 7.12. The maximum atomic E-state index is 12.4. The number of carbonyl (C=O) groups is 1. The van der Waals surface area contributed by atoms with Crippen LogP contribution in [0.25, 0.3) is 0 Å². The smallest absolute Gasteiger partial charge is 0.251 e. The summed E-state index contributed by atoms with van der Waals surface area (Å²) in [6, 6.07) is 42.3. The quantitative estimate of drug-likeness (QED) is 0.112. The largest absolute Gasteiger partial charge is 0.492 e. The van der Waals surface area contributed by atoms with E-state index in [0.717, 1.165) is 22.3 Å². The SMILES string of the molecule is O=C(NCc1ccccc1)c1ccc(OCCNCC(O)c2ccc(OCc3ccccc3)c(OCc3ccccc3)c2)cc1. The number of hydrogen-bond acceptors (Lipinski definition) is 6. The Kier molecular flexibility index (Phi) is 11.6. The van der Waals surface area contributed by atoms with Crippen LogP contribution in [0.3, 0.4) is 0 Å². The van der Waals surface area contributed by atoms with E-state index in [2.05, 4.69) is 10.6 Å². The van der Waals surface area contributed by atoms with Crippen molar-refractivity contribution in [2.75, 3.05) is 19.7 Å².